The summed E-state index contributed by atoms with van der Waals surface area (Å²) in [7, 11) is 1.40. The summed E-state index contributed by atoms with van der Waals surface area (Å²) in [5.41, 5.74) is 1.18. The first kappa shape index (κ1) is 13.7. The number of anilines is 1. The Morgan fingerprint density at radius 2 is 2.11 bits per heavy atom. The average Bonchev–Trinajstić information content (AvgIpc) is 2.38. The Morgan fingerprint density at radius 1 is 1.37 bits per heavy atom. The fraction of sp³-hybridized carbons (Fsp3) is 0.462. The first-order valence-electron chi connectivity index (χ1n) is 6.04. The lowest BCUT2D eigenvalue weighted by molar-refractivity contribution is -0.137. The van der Waals surface area contributed by atoms with Crippen LogP contribution >= 0.6 is 0 Å². The van der Waals surface area contributed by atoms with Gasteiger partial charge in [0.05, 0.1) is 11.3 Å². The van der Waals surface area contributed by atoms with E-state index in [1.165, 1.54) is 13.2 Å². The summed E-state index contributed by atoms with van der Waals surface area (Å²) in [5.74, 6) is 0. The van der Waals surface area contributed by atoms with E-state index in [1.807, 2.05) is 11.8 Å². The van der Waals surface area contributed by atoms with Crippen molar-refractivity contribution in [2.45, 2.75) is 19.5 Å². The molecule has 6 heteroatoms. The van der Waals surface area contributed by atoms with Crippen molar-refractivity contribution < 1.29 is 18.0 Å². The summed E-state index contributed by atoms with van der Waals surface area (Å²) in [6, 6.07) is 3.76. The van der Waals surface area contributed by atoms with Crippen LogP contribution in [-0.2, 0) is 11.0 Å². The van der Waals surface area contributed by atoms with Gasteiger partial charge < -0.3 is 9.74 Å². The largest absolute Gasteiger partial charge is 0.416 e. The molecule has 0 amide bonds. The van der Waals surface area contributed by atoms with Gasteiger partial charge in [0.15, 0.2) is 0 Å². The molecule has 19 heavy (non-hydrogen) atoms. The second-order valence-electron chi connectivity index (χ2n) is 4.28. The summed E-state index contributed by atoms with van der Waals surface area (Å²) in [6.07, 6.45) is -3.77. The summed E-state index contributed by atoms with van der Waals surface area (Å²) in [4.78, 5) is 6.75. The molecule has 0 aliphatic carbocycles. The molecule has 0 saturated carbocycles. The third-order valence-corrected chi connectivity index (χ3v) is 3.18. The predicted octanol–water partition coefficient (Wildman–Crippen LogP) is 3.29. The Bertz CT molecular complexity index is 497. The molecule has 104 valence electrons. The first-order chi connectivity index (χ1) is 8.97. The van der Waals surface area contributed by atoms with E-state index in [0.29, 0.717) is 17.7 Å². The van der Waals surface area contributed by atoms with Crippen LogP contribution in [0.2, 0.25) is 0 Å². The maximum atomic E-state index is 12.8. The number of halogens is 3. The molecule has 0 N–H and O–H groups in total. The van der Waals surface area contributed by atoms with E-state index in [4.69, 9.17) is 4.84 Å². The Hall–Kier alpha value is -1.72. The van der Waals surface area contributed by atoms with Crippen molar-refractivity contribution in [1.29, 1.82) is 0 Å². The van der Waals surface area contributed by atoms with E-state index in [9.17, 15) is 13.2 Å². The molecule has 2 rings (SSSR count). The monoisotopic (exact) mass is 272 g/mol. The van der Waals surface area contributed by atoms with Gasteiger partial charge >= 0.3 is 6.18 Å². The van der Waals surface area contributed by atoms with Gasteiger partial charge in [-0.15, -0.1) is 0 Å². The van der Waals surface area contributed by atoms with Crippen molar-refractivity contribution in [1.82, 2.24) is 0 Å². The first-order valence-corrected chi connectivity index (χ1v) is 6.04. The molecule has 0 aromatic heterocycles. The molecule has 1 heterocycles. The topological polar surface area (TPSA) is 24.8 Å². The quantitative estimate of drug-likeness (QED) is 0.772. The minimum atomic E-state index is -4.35. The minimum Gasteiger partial charge on any atom is -0.399 e. The van der Waals surface area contributed by atoms with E-state index < -0.39 is 11.7 Å². The van der Waals surface area contributed by atoms with Crippen molar-refractivity contribution in [2.24, 2.45) is 5.16 Å². The number of nitrogens with zero attached hydrogens (tertiary/aromatic N) is 2. The van der Waals surface area contributed by atoms with E-state index in [-0.39, 0.29) is 0 Å². The highest BCUT2D eigenvalue weighted by atomic mass is 19.4. The molecule has 0 atom stereocenters. The average molecular weight is 272 g/mol. The number of alkyl halides is 3. The Balaban J connectivity index is 2.53. The number of benzene rings is 1. The highest BCUT2D eigenvalue weighted by molar-refractivity contribution is 6.06. The molecule has 1 aliphatic heterocycles. The lowest BCUT2D eigenvalue weighted by Gasteiger charge is -2.31. The third kappa shape index (κ3) is 2.67. The molecular weight excluding hydrogens is 257 g/mol. The molecule has 1 aromatic rings. The second-order valence-corrected chi connectivity index (χ2v) is 4.28. The SMILES string of the molecule is CCN1CCC(=NOC)c2cc(C(F)(F)F)ccc21. The molecule has 3 nitrogen and oxygen atoms in total. The fourth-order valence-electron chi connectivity index (χ4n) is 2.25. The summed E-state index contributed by atoms with van der Waals surface area (Å²) in [6.45, 7) is 3.45. The van der Waals surface area contributed by atoms with Gasteiger partial charge in [0, 0.05) is 30.8 Å². The van der Waals surface area contributed by atoms with Crippen LogP contribution < -0.4 is 4.90 Å². The van der Waals surface area contributed by atoms with Crippen LogP contribution in [0.5, 0.6) is 0 Å². The van der Waals surface area contributed by atoms with Crippen molar-refractivity contribution in [3.8, 4) is 0 Å². The van der Waals surface area contributed by atoms with Crippen LogP contribution in [0.25, 0.3) is 0 Å². The summed E-state index contributed by atoms with van der Waals surface area (Å²) in [5, 5.41) is 3.84. The maximum Gasteiger partial charge on any atom is 0.416 e. The van der Waals surface area contributed by atoms with E-state index in [1.54, 1.807) is 0 Å². The standard InChI is InChI=1S/C13H15F3N2O/c1-3-18-7-6-11(17-19-2)10-8-9(13(14,15)16)4-5-12(10)18/h4-5,8H,3,6-7H2,1-2H3. The summed E-state index contributed by atoms with van der Waals surface area (Å²) >= 11 is 0. The zero-order valence-electron chi connectivity index (χ0n) is 10.8. The van der Waals surface area contributed by atoms with Gasteiger partial charge in [-0.05, 0) is 25.1 Å². The molecule has 0 spiro atoms. The summed E-state index contributed by atoms with van der Waals surface area (Å²) < 4.78 is 38.3. The van der Waals surface area contributed by atoms with Crippen molar-refractivity contribution >= 4 is 11.4 Å². The molecule has 1 aliphatic rings. The lowest BCUT2D eigenvalue weighted by atomic mass is 9.97. The molecule has 0 unspecified atom stereocenters. The Morgan fingerprint density at radius 3 is 2.68 bits per heavy atom. The Labute approximate surface area is 109 Å². The number of hydrogen-bond acceptors (Lipinski definition) is 3. The molecule has 0 fully saturated rings. The Kier molecular flexibility index (Phi) is 3.68. The smallest absolute Gasteiger partial charge is 0.399 e. The maximum absolute atomic E-state index is 12.8. The van der Waals surface area contributed by atoms with Crippen LogP contribution in [0.3, 0.4) is 0 Å². The van der Waals surface area contributed by atoms with Crippen LogP contribution in [0.4, 0.5) is 18.9 Å². The molecule has 0 saturated heterocycles. The molecule has 0 radical (unpaired) electrons. The van der Waals surface area contributed by atoms with Gasteiger partial charge in [-0.3, -0.25) is 0 Å². The van der Waals surface area contributed by atoms with Crippen molar-refractivity contribution in [3.63, 3.8) is 0 Å². The van der Waals surface area contributed by atoms with E-state index >= 15 is 0 Å². The van der Waals surface area contributed by atoms with Gasteiger partial charge in [0.2, 0.25) is 0 Å². The number of fused-ring (bicyclic) bond motifs is 1. The van der Waals surface area contributed by atoms with Gasteiger partial charge in [0.1, 0.15) is 7.11 Å². The normalized spacial score (nSPS) is 17.5. The van der Waals surface area contributed by atoms with Crippen LogP contribution in [0, 0.1) is 0 Å². The fourth-order valence-corrected chi connectivity index (χ4v) is 2.25. The molecule has 1 aromatic carbocycles. The van der Waals surface area contributed by atoms with E-state index in [0.717, 1.165) is 30.9 Å². The predicted molar refractivity (Wildman–Crippen MR) is 67.5 cm³/mol. The highest BCUT2D eigenvalue weighted by Gasteiger charge is 2.33. The number of hydrogen-bond donors (Lipinski definition) is 0. The van der Waals surface area contributed by atoms with Crippen LogP contribution in [-0.4, -0.2) is 25.9 Å². The lowest BCUT2D eigenvalue weighted by Crippen LogP contribution is -2.32. The highest BCUT2D eigenvalue weighted by Crippen LogP contribution is 2.35. The third-order valence-electron chi connectivity index (χ3n) is 3.18. The van der Waals surface area contributed by atoms with Gasteiger partial charge in [-0.25, -0.2) is 0 Å². The zero-order valence-corrected chi connectivity index (χ0v) is 10.8. The second kappa shape index (κ2) is 5.11. The molecule has 0 bridgehead atoms. The van der Waals surface area contributed by atoms with Crippen molar-refractivity contribution in [3.05, 3.63) is 29.3 Å². The zero-order chi connectivity index (χ0) is 14.0. The van der Waals surface area contributed by atoms with Gasteiger partial charge in [-0.1, -0.05) is 5.16 Å². The molecular formula is C13H15F3N2O. The number of oxime groups is 1. The van der Waals surface area contributed by atoms with Gasteiger partial charge in [-0.2, -0.15) is 13.2 Å². The number of rotatable bonds is 2. The minimum absolute atomic E-state index is 0.504. The van der Waals surface area contributed by atoms with Crippen molar-refractivity contribution in [2.75, 3.05) is 25.1 Å². The van der Waals surface area contributed by atoms with Crippen LogP contribution in [0.1, 0.15) is 24.5 Å². The van der Waals surface area contributed by atoms with E-state index in [2.05, 4.69) is 5.16 Å². The van der Waals surface area contributed by atoms with Gasteiger partial charge in [0.25, 0.3) is 0 Å². The van der Waals surface area contributed by atoms with Crippen LogP contribution in [0.15, 0.2) is 23.4 Å².